The standard InChI is InChI=1S/C21H16ClN3O4/c22-16-7-3-5-14(11-16)13-25-10-4-9-18(20(25)27)19(26)24-23-12-15-6-1-2-8-17(15)21(28)29/h1-12H,13H2,(H,24,26)(H,28,29)/b23-12-. The molecule has 1 aromatic heterocycles. The van der Waals surface area contributed by atoms with Crippen LogP contribution in [0.4, 0.5) is 0 Å². The number of hydrazone groups is 1. The maximum atomic E-state index is 12.6. The maximum Gasteiger partial charge on any atom is 0.336 e. The number of amides is 1. The van der Waals surface area contributed by atoms with Crippen molar-refractivity contribution in [1.82, 2.24) is 9.99 Å². The van der Waals surface area contributed by atoms with E-state index in [0.29, 0.717) is 10.6 Å². The van der Waals surface area contributed by atoms with E-state index in [2.05, 4.69) is 10.5 Å². The van der Waals surface area contributed by atoms with Gasteiger partial charge >= 0.3 is 5.97 Å². The van der Waals surface area contributed by atoms with Crippen molar-refractivity contribution in [3.05, 3.63) is 104 Å². The number of nitrogens with one attached hydrogen (secondary N) is 1. The van der Waals surface area contributed by atoms with Crippen LogP contribution in [0.15, 0.2) is 76.8 Å². The predicted molar refractivity (Wildman–Crippen MR) is 110 cm³/mol. The molecule has 0 fully saturated rings. The third kappa shape index (κ3) is 4.97. The van der Waals surface area contributed by atoms with Gasteiger partial charge in [-0.15, -0.1) is 0 Å². The van der Waals surface area contributed by atoms with Crippen molar-refractivity contribution < 1.29 is 14.7 Å². The molecule has 0 saturated heterocycles. The zero-order chi connectivity index (χ0) is 20.8. The molecule has 2 aromatic carbocycles. The molecule has 1 heterocycles. The number of carbonyl (C=O) groups is 2. The number of aromatic carboxylic acids is 1. The summed E-state index contributed by atoms with van der Waals surface area (Å²) in [6.45, 7) is 0.260. The van der Waals surface area contributed by atoms with Gasteiger partial charge in [-0.3, -0.25) is 9.59 Å². The lowest BCUT2D eigenvalue weighted by Crippen LogP contribution is -2.30. The molecule has 0 bridgehead atoms. The van der Waals surface area contributed by atoms with Crippen LogP contribution in [-0.4, -0.2) is 27.8 Å². The first-order valence-electron chi connectivity index (χ1n) is 8.55. The number of nitrogens with zero attached hydrogens (tertiary/aromatic N) is 2. The molecule has 3 aromatic rings. The van der Waals surface area contributed by atoms with E-state index < -0.39 is 17.4 Å². The molecule has 0 saturated carbocycles. The van der Waals surface area contributed by atoms with Crippen LogP contribution in [-0.2, 0) is 6.54 Å². The third-order valence-corrected chi connectivity index (χ3v) is 4.30. The number of rotatable bonds is 6. The summed E-state index contributed by atoms with van der Waals surface area (Å²) in [6.07, 6.45) is 2.79. The van der Waals surface area contributed by atoms with Crippen molar-refractivity contribution in [2.24, 2.45) is 5.10 Å². The van der Waals surface area contributed by atoms with Crippen LogP contribution in [0.2, 0.25) is 5.02 Å². The summed E-state index contributed by atoms with van der Waals surface area (Å²) in [5.41, 5.74) is 2.89. The van der Waals surface area contributed by atoms with E-state index in [1.54, 1.807) is 48.7 Å². The van der Waals surface area contributed by atoms with Crippen LogP contribution in [0, 0.1) is 0 Å². The maximum absolute atomic E-state index is 12.6. The van der Waals surface area contributed by atoms with E-state index in [4.69, 9.17) is 16.7 Å². The van der Waals surface area contributed by atoms with Gasteiger partial charge in [0.2, 0.25) is 0 Å². The van der Waals surface area contributed by atoms with E-state index >= 15 is 0 Å². The second-order valence-corrected chi connectivity index (χ2v) is 6.51. The molecule has 2 N–H and O–H groups in total. The lowest BCUT2D eigenvalue weighted by Gasteiger charge is -2.08. The minimum atomic E-state index is -1.11. The van der Waals surface area contributed by atoms with Gasteiger partial charge in [-0.05, 0) is 35.9 Å². The van der Waals surface area contributed by atoms with Gasteiger partial charge in [-0.1, -0.05) is 41.9 Å². The summed E-state index contributed by atoms with van der Waals surface area (Å²) in [5.74, 6) is -1.80. The van der Waals surface area contributed by atoms with Gasteiger partial charge in [0.05, 0.1) is 18.3 Å². The summed E-state index contributed by atoms with van der Waals surface area (Å²) in [4.78, 5) is 36.2. The molecular weight excluding hydrogens is 394 g/mol. The normalized spacial score (nSPS) is 10.8. The van der Waals surface area contributed by atoms with E-state index in [9.17, 15) is 14.4 Å². The van der Waals surface area contributed by atoms with Gasteiger partial charge in [0.15, 0.2) is 0 Å². The molecule has 0 aliphatic heterocycles. The number of pyridine rings is 1. The van der Waals surface area contributed by atoms with Crippen molar-refractivity contribution in [3.8, 4) is 0 Å². The highest BCUT2D eigenvalue weighted by molar-refractivity contribution is 6.30. The Labute approximate surface area is 170 Å². The van der Waals surface area contributed by atoms with E-state index in [1.807, 2.05) is 6.07 Å². The minimum Gasteiger partial charge on any atom is -0.478 e. The summed E-state index contributed by atoms with van der Waals surface area (Å²) < 4.78 is 1.39. The van der Waals surface area contributed by atoms with Crippen LogP contribution < -0.4 is 11.0 Å². The molecule has 0 unspecified atom stereocenters. The topological polar surface area (TPSA) is 101 Å². The van der Waals surface area contributed by atoms with Crippen LogP contribution in [0.3, 0.4) is 0 Å². The van der Waals surface area contributed by atoms with Gasteiger partial charge < -0.3 is 9.67 Å². The van der Waals surface area contributed by atoms with E-state index in [1.165, 1.54) is 22.9 Å². The largest absolute Gasteiger partial charge is 0.478 e. The number of benzene rings is 2. The predicted octanol–water partition coefficient (Wildman–Crippen LogP) is 3.01. The Kier molecular flexibility index (Phi) is 6.21. The highest BCUT2D eigenvalue weighted by Gasteiger charge is 2.12. The molecule has 29 heavy (non-hydrogen) atoms. The van der Waals surface area contributed by atoms with Crippen LogP contribution in [0.5, 0.6) is 0 Å². The second kappa shape index (κ2) is 8.99. The minimum absolute atomic E-state index is 0.0501. The summed E-state index contributed by atoms with van der Waals surface area (Å²) in [6, 6.07) is 16.3. The van der Waals surface area contributed by atoms with Gasteiger partial charge in [-0.25, -0.2) is 10.2 Å². The Bertz CT molecular complexity index is 1150. The molecule has 0 aliphatic rings. The second-order valence-electron chi connectivity index (χ2n) is 6.08. The number of halogens is 1. The first kappa shape index (κ1) is 20.0. The highest BCUT2D eigenvalue weighted by atomic mass is 35.5. The molecule has 1 amide bonds. The fourth-order valence-corrected chi connectivity index (χ4v) is 2.90. The average Bonchev–Trinajstić information content (AvgIpc) is 2.70. The Hall–Kier alpha value is -3.71. The number of carbonyl (C=O) groups excluding carboxylic acids is 1. The zero-order valence-electron chi connectivity index (χ0n) is 15.1. The Morgan fingerprint density at radius 3 is 2.59 bits per heavy atom. The molecule has 146 valence electrons. The lowest BCUT2D eigenvalue weighted by atomic mass is 10.1. The van der Waals surface area contributed by atoms with Gasteiger partial charge in [0.1, 0.15) is 5.56 Å². The van der Waals surface area contributed by atoms with Gasteiger partial charge in [-0.2, -0.15) is 5.10 Å². The molecule has 0 atom stereocenters. The summed E-state index contributed by atoms with van der Waals surface area (Å²) >= 11 is 5.97. The Balaban J connectivity index is 1.77. The Morgan fingerprint density at radius 2 is 1.83 bits per heavy atom. The van der Waals surface area contributed by atoms with E-state index in [-0.39, 0.29) is 17.7 Å². The molecule has 0 radical (unpaired) electrons. The molecule has 0 spiro atoms. The fourth-order valence-electron chi connectivity index (χ4n) is 2.69. The zero-order valence-corrected chi connectivity index (χ0v) is 15.8. The van der Waals surface area contributed by atoms with Crippen LogP contribution in [0.1, 0.15) is 31.8 Å². The number of aromatic nitrogens is 1. The van der Waals surface area contributed by atoms with Crippen molar-refractivity contribution in [2.45, 2.75) is 6.54 Å². The molecule has 7 nitrogen and oxygen atoms in total. The van der Waals surface area contributed by atoms with Crippen molar-refractivity contribution in [1.29, 1.82) is 0 Å². The fraction of sp³-hybridized carbons (Fsp3) is 0.0476. The van der Waals surface area contributed by atoms with E-state index in [0.717, 1.165) is 5.56 Å². The average molecular weight is 410 g/mol. The summed E-state index contributed by atoms with van der Waals surface area (Å²) in [5, 5.41) is 13.5. The molecule has 8 heteroatoms. The number of hydrogen-bond donors (Lipinski definition) is 2. The first-order valence-corrected chi connectivity index (χ1v) is 8.93. The number of carboxylic acids is 1. The van der Waals surface area contributed by atoms with Gasteiger partial charge in [0, 0.05) is 16.8 Å². The SMILES string of the molecule is O=C(O)c1ccccc1/C=N\NC(=O)c1cccn(Cc2cccc(Cl)c2)c1=O. The monoisotopic (exact) mass is 409 g/mol. The third-order valence-electron chi connectivity index (χ3n) is 4.07. The van der Waals surface area contributed by atoms with Crippen LogP contribution in [0.25, 0.3) is 0 Å². The van der Waals surface area contributed by atoms with Gasteiger partial charge in [0.25, 0.3) is 11.5 Å². The number of carboxylic acid groups (broad SMARTS) is 1. The molecular formula is C21H16ClN3O4. The van der Waals surface area contributed by atoms with Crippen molar-refractivity contribution in [2.75, 3.05) is 0 Å². The first-order chi connectivity index (χ1) is 14.0. The number of hydrogen-bond acceptors (Lipinski definition) is 4. The Morgan fingerprint density at radius 1 is 1.07 bits per heavy atom. The highest BCUT2D eigenvalue weighted by Crippen LogP contribution is 2.11. The van der Waals surface area contributed by atoms with Crippen LogP contribution >= 0.6 is 11.6 Å². The lowest BCUT2D eigenvalue weighted by molar-refractivity contribution is 0.0696. The molecule has 3 rings (SSSR count). The van der Waals surface area contributed by atoms with Crippen molar-refractivity contribution in [3.63, 3.8) is 0 Å². The summed E-state index contributed by atoms with van der Waals surface area (Å²) in [7, 11) is 0. The quantitative estimate of drug-likeness (QED) is 0.482. The van der Waals surface area contributed by atoms with Crippen molar-refractivity contribution >= 4 is 29.7 Å². The smallest absolute Gasteiger partial charge is 0.336 e. The molecule has 0 aliphatic carbocycles.